The Morgan fingerprint density at radius 3 is 2.39 bits per heavy atom. The number of rotatable bonds is 3. The molecule has 1 aliphatic rings. The lowest BCUT2D eigenvalue weighted by molar-refractivity contribution is 0.162. The van der Waals surface area contributed by atoms with Gasteiger partial charge in [-0.1, -0.05) is 42.5 Å². The Morgan fingerprint density at radius 1 is 1.11 bits per heavy atom. The summed E-state index contributed by atoms with van der Waals surface area (Å²) in [4.78, 5) is -0.0147. The van der Waals surface area contributed by atoms with Gasteiger partial charge in [-0.15, -0.1) is 0 Å². The molecule has 0 unspecified atom stereocenters. The molecule has 1 fully saturated rings. The molecular formula is C12H14Cl2O3S. The quantitative estimate of drug-likeness (QED) is 0.792. The largest absolute Gasteiger partial charge is 0.298 e. The van der Waals surface area contributed by atoms with E-state index in [1.165, 1.54) is 18.2 Å². The molecule has 100 valence electrons. The van der Waals surface area contributed by atoms with Gasteiger partial charge in [0.15, 0.2) is 0 Å². The first-order valence-corrected chi connectivity index (χ1v) is 8.04. The Balaban J connectivity index is 2.19. The molecule has 0 radical (unpaired) electrons. The summed E-state index contributed by atoms with van der Waals surface area (Å²) in [5.74, 6) is 0. The van der Waals surface area contributed by atoms with Crippen molar-refractivity contribution in [2.45, 2.75) is 43.1 Å². The normalized spacial score (nSPS) is 17.9. The Bertz CT molecular complexity index is 522. The van der Waals surface area contributed by atoms with Crippen LogP contribution in [0, 0.1) is 0 Å². The predicted molar refractivity (Wildman–Crippen MR) is 71.6 cm³/mol. The summed E-state index contributed by atoms with van der Waals surface area (Å²) < 4.78 is 29.4. The number of hydrogen-bond acceptors (Lipinski definition) is 3. The molecule has 18 heavy (non-hydrogen) atoms. The summed E-state index contributed by atoms with van der Waals surface area (Å²) in [7, 11) is -3.80. The smallest absolute Gasteiger partial charge is 0.263 e. The molecule has 2 rings (SSSR count). The van der Waals surface area contributed by atoms with Crippen molar-refractivity contribution >= 4 is 33.3 Å². The van der Waals surface area contributed by atoms with E-state index in [2.05, 4.69) is 0 Å². The lowest BCUT2D eigenvalue weighted by Crippen LogP contribution is -2.21. The zero-order chi connectivity index (χ0) is 13.2. The minimum Gasteiger partial charge on any atom is -0.263 e. The van der Waals surface area contributed by atoms with Crippen LogP contribution in [0.25, 0.3) is 0 Å². The summed E-state index contributed by atoms with van der Waals surface area (Å²) >= 11 is 11.6. The molecule has 1 saturated carbocycles. The van der Waals surface area contributed by atoms with Crippen molar-refractivity contribution in [2.75, 3.05) is 0 Å². The van der Waals surface area contributed by atoms with Crippen LogP contribution < -0.4 is 0 Å². The van der Waals surface area contributed by atoms with Gasteiger partial charge in [0, 0.05) is 5.02 Å². The molecule has 0 atom stereocenters. The van der Waals surface area contributed by atoms with Crippen LogP contribution in [0.2, 0.25) is 10.0 Å². The summed E-state index contributed by atoms with van der Waals surface area (Å²) in [6, 6.07) is 4.27. The molecule has 0 aliphatic heterocycles. The fourth-order valence-electron chi connectivity index (χ4n) is 2.07. The Hall–Kier alpha value is -0.290. The van der Waals surface area contributed by atoms with Crippen molar-refractivity contribution < 1.29 is 12.6 Å². The van der Waals surface area contributed by atoms with Crippen LogP contribution in [0.1, 0.15) is 32.1 Å². The molecule has 0 bridgehead atoms. The van der Waals surface area contributed by atoms with Gasteiger partial charge in [-0.3, -0.25) is 4.18 Å². The van der Waals surface area contributed by atoms with Crippen molar-refractivity contribution in [1.82, 2.24) is 0 Å². The van der Waals surface area contributed by atoms with E-state index in [-0.39, 0.29) is 16.0 Å². The molecule has 1 aliphatic carbocycles. The molecule has 1 aromatic rings. The highest BCUT2D eigenvalue weighted by molar-refractivity contribution is 7.87. The summed E-state index contributed by atoms with van der Waals surface area (Å²) in [5, 5.41) is 0.495. The van der Waals surface area contributed by atoms with E-state index >= 15 is 0 Å². The maximum absolute atomic E-state index is 12.1. The molecule has 0 saturated heterocycles. The number of benzene rings is 1. The fourth-order valence-corrected chi connectivity index (χ4v) is 3.95. The van der Waals surface area contributed by atoms with Gasteiger partial charge in [0.25, 0.3) is 10.1 Å². The van der Waals surface area contributed by atoms with E-state index in [0.29, 0.717) is 5.02 Å². The van der Waals surface area contributed by atoms with Crippen molar-refractivity contribution in [1.29, 1.82) is 0 Å². The molecular weight excluding hydrogens is 295 g/mol. The van der Waals surface area contributed by atoms with E-state index in [1.54, 1.807) is 0 Å². The van der Waals surface area contributed by atoms with Crippen LogP contribution >= 0.6 is 23.2 Å². The molecule has 0 spiro atoms. The average molecular weight is 309 g/mol. The van der Waals surface area contributed by atoms with Crippen molar-refractivity contribution in [3.05, 3.63) is 28.2 Å². The maximum atomic E-state index is 12.1. The summed E-state index contributed by atoms with van der Waals surface area (Å²) in [6.07, 6.45) is 4.50. The van der Waals surface area contributed by atoms with E-state index in [9.17, 15) is 8.42 Å². The maximum Gasteiger partial charge on any atom is 0.298 e. The van der Waals surface area contributed by atoms with Gasteiger partial charge >= 0.3 is 0 Å². The number of halogens is 2. The third-order valence-electron chi connectivity index (χ3n) is 2.98. The molecule has 0 aromatic heterocycles. The van der Waals surface area contributed by atoms with Crippen molar-refractivity contribution in [3.63, 3.8) is 0 Å². The Morgan fingerprint density at radius 2 is 1.78 bits per heavy atom. The van der Waals surface area contributed by atoms with Crippen LogP contribution in [-0.2, 0) is 14.3 Å². The molecule has 6 heteroatoms. The summed E-state index contributed by atoms with van der Waals surface area (Å²) in [6.45, 7) is 0. The topological polar surface area (TPSA) is 43.4 Å². The molecule has 0 amide bonds. The highest BCUT2D eigenvalue weighted by Gasteiger charge is 2.25. The van der Waals surface area contributed by atoms with Crippen molar-refractivity contribution in [2.24, 2.45) is 0 Å². The molecule has 0 heterocycles. The second-order valence-corrected chi connectivity index (χ2v) is 6.77. The van der Waals surface area contributed by atoms with Gasteiger partial charge in [0.2, 0.25) is 0 Å². The lowest BCUT2D eigenvalue weighted by atomic mass is 9.98. The van der Waals surface area contributed by atoms with E-state index < -0.39 is 10.1 Å². The van der Waals surface area contributed by atoms with E-state index in [4.69, 9.17) is 27.4 Å². The minimum absolute atomic E-state index is 0.0147. The first-order chi connectivity index (χ1) is 8.49. The SMILES string of the molecule is O=S(=O)(OC1CCCCC1)c1ccc(Cl)cc1Cl. The van der Waals surface area contributed by atoms with Crippen LogP contribution in [-0.4, -0.2) is 14.5 Å². The number of hydrogen-bond donors (Lipinski definition) is 0. The Labute approximate surface area is 117 Å². The fraction of sp³-hybridized carbons (Fsp3) is 0.500. The second-order valence-electron chi connectivity index (χ2n) is 4.39. The summed E-state index contributed by atoms with van der Waals surface area (Å²) in [5.41, 5.74) is 0. The second kappa shape index (κ2) is 5.78. The average Bonchev–Trinajstić information content (AvgIpc) is 2.29. The third kappa shape index (κ3) is 3.38. The van der Waals surface area contributed by atoms with Gasteiger partial charge in [-0.2, -0.15) is 8.42 Å². The molecule has 3 nitrogen and oxygen atoms in total. The monoisotopic (exact) mass is 308 g/mol. The zero-order valence-corrected chi connectivity index (χ0v) is 12.1. The van der Waals surface area contributed by atoms with Crippen molar-refractivity contribution in [3.8, 4) is 0 Å². The molecule has 0 N–H and O–H groups in total. The standard InChI is InChI=1S/C12H14Cl2O3S/c13-9-6-7-12(11(14)8-9)18(15,16)17-10-4-2-1-3-5-10/h6-8,10H,1-5H2. The van der Waals surface area contributed by atoms with E-state index in [1.807, 2.05) is 0 Å². The van der Waals surface area contributed by atoms with Crippen LogP contribution in [0.15, 0.2) is 23.1 Å². The predicted octanol–water partition coefficient (Wildman–Crippen LogP) is 4.03. The zero-order valence-electron chi connectivity index (χ0n) is 9.73. The third-order valence-corrected chi connectivity index (χ3v) is 5.06. The highest BCUT2D eigenvalue weighted by Crippen LogP contribution is 2.29. The lowest BCUT2D eigenvalue weighted by Gasteiger charge is -2.21. The van der Waals surface area contributed by atoms with Gasteiger partial charge in [0.05, 0.1) is 11.1 Å². The van der Waals surface area contributed by atoms with Crippen LogP contribution in [0.4, 0.5) is 0 Å². The van der Waals surface area contributed by atoms with Gasteiger partial charge < -0.3 is 0 Å². The van der Waals surface area contributed by atoms with Gasteiger partial charge in [-0.25, -0.2) is 0 Å². The first-order valence-electron chi connectivity index (χ1n) is 5.87. The highest BCUT2D eigenvalue weighted by atomic mass is 35.5. The Kier molecular flexibility index (Phi) is 4.54. The minimum atomic E-state index is -3.80. The van der Waals surface area contributed by atoms with Gasteiger partial charge in [-0.05, 0) is 31.0 Å². The van der Waals surface area contributed by atoms with Crippen LogP contribution in [0.3, 0.4) is 0 Å². The van der Waals surface area contributed by atoms with E-state index in [0.717, 1.165) is 32.1 Å². The molecule has 1 aromatic carbocycles. The van der Waals surface area contributed by atoms with Gasteiger partial charge in [0.1, 0.15) is 4.90 Å². The first kappa shape index (κ1) is 14.1. The van der Waals surface area contributed by atoms with Crippen LogP contribution in [0.5, 0.6) is 0 Å².